The first-order chi connectivity index (χ1) is 13.4. The number of hydrogen-bond donors (Lipinski definition) is 1. The van der Waals surface area contributed by atoms with Crippen molar-refractivity contribution in [2.75, 3.05) is 58.8 Å². The van der Waals surface area contributed by atoms with Crippen molar-refractivity contribution in [3.05, 3.63) is 58.7 Å². The number of benzene rings is 1. The minimum atomic E-state index is -0.0911. The number of nitrogens with one attached hydrogen (secondary N) is 1. The molecule has 7 heteroatoms. The smallest absolute Gasteiger partial charge is 0.251 e. The quantitative estimate of drug-likeness (QED) is 0.806. The molecule has 0 saturated carbocycles. The molecule has 0 aliphatic carbocycles. The van der Waals surface area contributed by atoms with Crippen molar-refractivity contribution in [2.24, 2.45) is 0 Å². The van der Waals surface area contributed by atoms with Gasteiger partial charge >= 0.3 is 0 Å². The van der Waals surface area contributed by atoms with E-state index in [0.717, 1.165) is 37.6 Å². The van der Waals surface area contributed by atoms with Gasteiger partial charge in [0, 0.05) is 49.5 Å². The second-order valence-electron chi connectivity index (χ2n) is 7.44. The third kappa shape index (κ3) is 5.22. The molecule has 1 aliphatic heterocycles. The van der Waals surface area contributed by atoms with Gasteiger partial charge in [-0.05, 0) is 51.0 Å². The maximum absolute atomic E-state index is 12.7. The Morgan fingerprint density at radius 1 is 1.21 bits per heavy atom. The number of carbonyl (C=O) groups excluding carboxylic acids is 1. The molecule has 0 spiro atoms. The van der Waals surface area contributed by atoms with Gasteiger partial charge in [-0.3, -0.25) is 4.79 Å². The average Bonchev–Trinajstić information content (AvgIpc) is 2.68. The summed E-state index contributed by atoms with van der Waals surface area (Å²) in [5, 5.41) is 3.75. The van der Waals surface area contributed by atoms with Gasteiger partial charge in [0.1, 0.15) is 5.82 Å². The van der Waals surface area contributed by atoms with Crippen LogP contribution in [-0.4, -0.2) is 74.6 Å². The first kappa shape index (κ1) is 20.6. The fraction of sp³-hybridized carbons (Fsp3) is 0.429. The van der Waals surface area contributed by atoms with Gasteiger partial charge < -0.3 is 20.0 Å². The summed E-state index contributed by atoms with van der Waals surface area (Å²) in [6, 6.07) is 11.4. The molecule has 1 amide bonds. The lowest BCUT2D eigenvalue weighted by Gasteiger charge is -2.33. The predicted octanol–water partition coefficient (Wildman–Crippen LogP) is 2.52. The fourth-order valence-electron chi connectivity index (χ4n) is 3.37. The third-order valence-corrected chi connectivity index (χ3v) is 5.38. The van der Waals surface area contributed by atoms with Crippen molar-refractivity contribution in [1.82, 2.24) is 20.1 Å². The van der Waals surface area contributed by atoms with E-state index in [1.165, 1.54) is 0 Å². The van der Waals surface area contributed by atoms with Crippen molar-refractivity contribution in [3.8, 4) is 0 Å². The number of piperazine rings is 1. The van der Waals surface area contributed by atoms with Gasteiger partial charge in [-0.1, -0.05) is 23.7 Å². The summed E-state index contributed by atoms with van der Waals surface area (Å²) >= 11 is 6.13. The molecule has 6 nitrogen and oxygen atoms in total. The Bertz CT molecular complexity index is 805. The monoisotopic (exact) mass is 401 g/mol. The van der Waals surface area contributed by atoms with Crippen molar-refractivity contribution in [1.29, 1.82) is 0 Å². The van der Waals surface area contributed by atoms with Crippen LogP contribution in [0.2, 0.25) is 5.02 Å². The number of halogens is 1. The van der Waals surface area contributed by atoms with Crippen LogP contribution < -0.4 is 10.2 Å². The Balaban J connectivity index is 1.66. The molecule has 150 valence electrons. The number of anilines is 1. The SMILES string of the molecule is CN1CCN(c2cc(C(=O)NC[C@@H](c3cccc(Cl)c3)N(C)C)ccn2)CC1. The molecule has 1 fully saturated rings. The van der Waals surface area contributed by atoms with E-state index in [2.05, 4.69) is 32.0 Å². The topological polar surface area (TPSA) is 51.7 Å². The molecule has 28 heavy (non-hydrogen) atoms. The molecule has 0 bridgehead atoms. The van der Waals surface area contributed by atoms with Gasteiger partial charge in [0.15, 0.2) is 0 Å². The minimum Gasteiger partial charge on any atom is -0.354 e. The molecule has 1 aromatic carbocycles. The van der Waals surface area contributed by atoms with Crippen LogP contribution in [0.25, 0.3) is 0 Å². The Morgan fingerprint density at radius 3 is 2.64 bits per heavy atom. The van der Waals surface area contributed by atoms with Gasteiger partial charge in [-0.15, -0.1) is 0 Å². The molecule has 0 radical (unpaired) electrons. The van der Waals surface area contributed by atoms with Gasteiger partial charge in [-0.25, -0.2) is 4.98 Å². The van der Waals surface area contributed by atoms with E-state index in [9.17, 15) is 4.79 Å². The van der Waals surface area contributed by atoms with E-state index in [-0.39, 0.29) is 11.9 Å². The molecule has 2 aromatic rings. The number of carbonyl (C=O) groups is 1. The number of nitrogens with zero attached hydrogens (tertiary/aromatic N) is 4. The van der Waals surface area contributed by atoms with Crippen molar-refractivity contribution in [3.63, 3.8) is 0 Å². The molecule has 1 atom stereocenters. The van der Waals surface area contributed by atoms with Crippen molar-refractivity contribution in [2.45, 2.75) is 6.04 Å². The number of pyridine rings is 1. The van der Waals surface area contributed by atoms with Gasteiger partial charge in [0.2, 0.25) is 0 Å². The van der Waals surface area contributed by atoms with Crippen LogP contribution in [0.4, 0.5) is 5.82 Å². The van der Waals surface area contributed by atoms with Crippen LogP contribution in [0.3, 0.4) is 0 Å². The van der Waals surface area contributed by atoms with Gasteiger partial charge in [0.25, 0.3) is 5.91 Å². The molecule has 1 aliphatic rings. The maximum atomic E-state index is 12.7. The molecule has 2 heterocycles. The normalized spacial score (nSPS) is 16.2. The molecule has 1 aromatic heterocycles. The van der Waals surface area contributed by atoms with Crippen LogP contribution >= 0.6 is 11.6 Å². The Hall–Kier alpha value is -2.15. The summed E-state index contributed by atoms with van der Waals surface area (Å²) in [5.41, 5.74) is 1.71. The summed E-state index contributed by atoms with van der Waals surface area (Å²) in [4.78, 5) is 23.8. The van der Waals surface area contributed by atoms with E-state index in [1.807, 2.05) is 44.4 Å². The molecule has 1 saturated heterocycles. The van der Waals surface area contributed by atoms with Crippen LogP contribution in [-0.2, 0) is 0 Å². The van der Waals surface area contributed by atoms with Crippen LogP contribution in [0, 0.1) is 0 Å². The summed E-state index contributed by atoms with van der Waals surface area (Å²) in [7, 11) is 6.11. The lowest BCUT2D eigenvalue weighted by Crippen LogP contribution is -2.44. The third-order valence-electron chi connectivity index (χ3n) is 5.15. The fourth-order valence-corrected chi connectivity index (χ4v) is 3.57. The second-order valence-corrected chi connectivity index (χ2v) is 7.87. The molecule has 3 rings (SSSR count). The number of amides is 1. The highest BCUT2D eigenvalue weighted by Crippen LogP contribution is 2.21. The van der Waals surface area contributed by atoms with E-state index >= 15 is 0 Å². The molecular weight excluding hydrogens is 374 g/mol. The number of aromatic nitrogens is 1. The highest BCUT2D eigenvalue weighted by atomic mass is 35.5. The highest BCUT2D eigenvalue weighted by Gasteiger charge is 2.19. The van der Waals surface area contributed by atoms with E-state index in [0.29, 0.717) is 17.1 Å². The lowest BCUT2D eigenvalue weighted by atomic mass is 10.1. The minimum absolute atomic E-state index is 0.0431. The molecule has 0 unspecified atom stereocenters. The van der Waals surface area contributed by atoms with Crippen molar-refractivity contribution < 1.29 is 4.79 Å². The van der Waals surface area contributed by atoms with Gasteiger partial charge in [-0.2, -0.15) is 0 Å². The van der Waals surface area contributed by atoms with Crippen molar-refractivity contribution >= 4 is 23.3 Å². The standard InChI is InChI=1S/C21H28ClN5O/c1-25(2)19(16-5-4-6-18(22)13-16)15-24-21(28)17-7-8-23-20(14-17)27-11-9-26(3)10-12-27/h4-8,13-14,19H,9-12,15H2,1-3H3,(H,24,28)/t19-/m0/s1. The highest BCUT2D eigenvalue weighted by molar-refractivity contribution is 6.30. The Kier molecular flexibility index (Phi) is 6.88. The lowest BCUT2D eigenvalue weighted by molar-refractivity contribution is 0.0942. The van der Waals surface area contributed by atoms with E-state index < -0.39 is 0 Å². The second kappa shape index (κ2) is 9.37. The van der Waals surface area contributed by atoms with E-state index in [1.54, 1.807) is 12.3 Å². The first-order valence-corrected chi connectivity index (χ1v) is 9.91. The summed E-state index contributed by atoms with van der Waals surface area (Å²) in [6.45, 7) is 4.35. The molecular formula is C21H28ClN5O. The van der Waals surface area contributed by atoms with Crippen LogP contribution in [0.5, 0.6) is 0 Å². The predicted molar refractivity (Wildman–Crippen MR) is 114 cm³/mol. The molecule has 1 N–H and O–H groups in total. The van der Waals surface area contributed by atoms with Crippen LogP contribution in [0.15, 0.2) is 42.6 Å². The van der Waals surface area contributed by atoms with Crippen LogP contribution in [0.1, 0.15) is 22.0 Å². The number of hydrogen-bond acceptors (Lipinski definition) is 5. The zero-order chi connectivity index (χ0) is 20.1. The maximum Gasteiger partial charge on any atom is 0.251 e. The zero-order valence-corrected chi connectivity index (χ0v) is 17.5. The van der Waals surface area contributed by atoms with E-state index in [4.69, 9.17) is 11.6 Å². The largest absolute Gasteiger partial charge is 0.354 e. The summed E-state index contributed by atoms with van der Waals surface area (Å²) in [5.74, 6) is 0.770. The Labute approximate surface area is 172 Å². The Morgan fingerprint density at radius 2 is 1.96 bits per heavy atom. The summed E-state index contributed by atoms with van der Waals surface area (Å²) in [6.07, 6.45) is 1.71. The van der Waals surface area contributed by atoms with Gasteiger partial charge in [0.05, 0.1) is 6.04 Å². The first-order valence-electron chi connectivity index (χ1n) is 9.53. The number of likely N-dealkylation sites (N-methyl/N-ethyl adjacent to an activating group) is 2. The average molecular weight is 402 g/mol. The number of rotatable bonds is 6. The summed E-state index contributed by atoms with van der Waals surface area (Å²) < 4.78 is 0. The zero-order valence-electron chi connectivity index (χ0n) is 16.7.